The number of nitrogens with zero attached hydrogens (tertiary/aromatic N) is 1. The standard InChI is InChI=1S/C12H17NO4S/c1-17-11-4-6-12(7-5-11)18(15,16)13-8-2-3-10(14)9-13/h4-7,10,14H,2-3,8-9H2,1H3. The van der Waals surface area contributed by atoms with Crippen molar-refractivity contribution in [3.8, 4) is 5.75 Å². The second-order valence-electron chi connectivity index (χ2n) is 4.33. The van der Waals surface area contributed by atoms with Crippen LogP contribution in [0.3, 0.4) is 0 Å². The Morgan fingerprint density at radius 3 is 2.56 bits per heavy atom. The molecule has 1 aliphatic heterocycles. The Balaban J connectivity index is 2.23. The molecule has 1 aromatic rings. The molecule has 1 aromatic carbocycles. The predicted molar refractivity (Wildman–Crippen MR) is 67.0 cm³/mol. The normalized spacial score (nSPS) is 21.8. The second-order valence-corrected chi connectivity index (χ2v) is 6.27. The molecule has 0 aromatic heterocycles. The van der Waals surface area contributed by atoms with E-state index in [0.29, 0.717) is 25.1 Å². The van der Waals surface area contributed by atoms with E-state index in [0.717, 1.165) is 0 Å². The fourth-order valence-electron chi connectivity index (χ4n) is 2.04. The Labute approximate surface area is 107 Å². The van der Waals surface area contributed by atoms with Crippen LogP contribution in [0.2, 0.25) is 0 Å². The zero-order valence-corrected chi connectivity index (χ0v) is 11.1. The monoisotopic (exact) mass is 271 g/mol. The highest BCUT2D eigenvalue weighted by Gasteiger charge is 2.29. The van der Waals surface area contributed by atoms with Crippen LogP contribution in [-0.4, -0.2) is 44.1 Å². The van der Waals surface area contributed by atoms with Gasteiger partial charge < -0.3 is 9.84 Å². The van der Waals surface area contributed by atoms with Gasteiger partial charge in [0.25, 0.3) is 0 Å². The molecule has 1 atom stereocenters. The minimum Gasteiger partial charge on any atom is -0.497 e. The topological polar surface area (TPSA) is 66.8 Å². The van der Waals surface area contributed by atoms with E-state index in [2.05, 4.69) is 0 Å². The zero-order chi connectivity index (χ0) is 13.2. The molecule has 0 radical (unpaired) electrons. The maximum Gasteiger partial charge on any atom is 0.243 e. The lowest BCUT2D eigenvalue weighted by Gasteiger charge is -2.29. The van der Waals surface area contributed by atoms with Gasteiger partial charge in [0.05, 0.1) is 18.1 Å². The fourth-order valence-corrected chi connectivity index (χ4v) is 3.55. The van der Waals surface area contributed by atoms with Crippen LogP contribution in [0.5, 0.6) is 5.75 Å². The summed E-state index contributed by atoms with van der Waals surface area (Å²) in [6.45, 7) is 0.639. The van der Waals surface area contributed by atoms with E-state index in [4.69, 9.17) is 4.74 Å². The minimum absolute atomic E-state index is 0.175. The van der Waals surface area contributed by atoms with Crippen LogP contribution in [0.4, 0.5) is 0 Å². The highest BCUT2D eigenvalue weighted by atomic mass is 32.2. The first kappa shape index (κ1) is 13.3. The largest absolute Gasteiger partial charge is 0.497 e. The summed E-state index contributed by atoms with van der Waals surface area (Å²) in [5, 5.41) is 9.55. The average Bonchev–Trinajstić information content (AvgIpc) is 2.39. The molecule has 1 fully saturated rings. The zero-order valence-electron chi connectivity index (χ0n) is 10.2. The Morgan fingerprint density at radius 2 is 2.00 bits per heavy atom. The molecule has 0 amide bonds. The van der Waals surface area contributed by atoms with Crippen LogP contribution in [-0.2, 0) is 10.0 Å². The van der Waals surface area contributed by atoms with Gasteiger partial charge in [-0.25, -0.2) is 8.42 Å². The van der Waals surface area contributed by atoms with Crippen LogP contribution >= 0.6 is 0 Å². The first-order valence-electron chi connectivity index (χ1n) is 5.86. The van der Waals surface area contributed by atoms with Crippen molar-refractivity contribution in [3.05, 3.63) is 24.3 Å². The molecule has 1 N–H and O–H groups in total. The molecular weight excluding hydrogens is 254 g/mol. The van der Waals surface area contributed by atoms with E-state index in [1.807, 2.05) is 0 Å². The van der Waals surface area contributed by atoms with Crippen molar-refractivity contribution in [3.63, 3.8) is 0 Å². The second kappa shape index (κ2) is 5.26. The lowest BCUT2D eigenvalue weighted by molar-refractivity contribution is 0.108. The summed E-state index contributed by atoms with van der Waals surface area (Å²) in [5.41, 5.74) is 0. The van der Waals surface area contributed by atoms with Crippen LogP contribution in [0, 0.1) is 0 Å². The summed E-state index contributed by atoms with van der Waals surface area (Å²) in [6.07, 6.45) is 0.789. The Morgan fingerprint density at radius 1 is 1.33 bits per heavy atom. The molecule has 1 aliphatic rings. The quantitative estimate of drug-likeness (QED) is 0.884. The Kier molecular flexibility index (Phi) is 3.89. The predicted octanol–water partition coefficient (Wildman–Crippen LogP) is 0.841. The molecular formula is C12H17NO4S. The SMILES string of the molecule is COc1ccc(S(=O)(=O)N2CCCC(O)C2)cc1. The summed E-state index contributed by atoms with van der Waals surface area (Å²) < 4.78 is 30.9. The molecule has 0 saturated carbocycles. The number of ether oxygens (including phenoxy) is 1. The average molecular weight is 271 g/mol. The maximum absolute atomic E-state index is 12.3. The minimum atomic E-state index is -3.50. The number of hydrogen-bond donors (Lipinski definition) is 1. The van der Waals surface area contributed by atoms with Crippen LogP contribution in [0.1, 0.15) is 12.8 Å². The first-order valence-corrected chi connectivity index (χ1v) is 7.30. The van der Waals surface area contributed by atoms with E-state index in [-0.39, 0.29) is 11.4 Å². The van der Waals surface area contributed by atoms with E-state index in [1.54, 1.807) is 12.1 Å². The van der Waals surface area contributed by atoms with Gasteiger partial charge in [-0.3, -0.25) is 0 Å². The van der Waals surface area contributed by atoms with Gasteiger partial charge in [0, 0.05) is 13.1 Å². The molecule has 2 rings (SSSR count). The number of rotatable bonds is 3. The Bertz CT molecular complexity index is 497. The van der Waals surface area contributed by atoms with Gasteiger partial charge in [0.2, 0.25) is 10.0 Å². The van der Waals surface area contributed by atoms with Crippen molar-refractivity contribution in [2.75, 3.05) is 20.2 Å². The summed E-state index contributed by atoms with van der Waals surface area (Å²) in [5.74, 6) is 0.618. The number of aliphatic hydroxyl groups is 1. The van der Waals surface area contributed by atoms with Crippen LogP contribution < -0.4 is 4.74 Å². The van der Waals surface area contributed by atoms with Crippen molar-refractivity contribution in [1.29, 1.82) is 0 Å². The van der Waals surface area contributed by atoms with Crippen molar-refractivity contribution in [2.24, 2.45) is 0 Å². The highest BCUT2D eigenvalue weighted by Crippen LogP contribution is 2.22. The van der Waals surface area contributed by atoms with Gasteiger partial charge in [-0.2, -0.15) is 4.31 Å². The van der Waals surface area contributed by atoms with Crippen LogP contribution in [0.15, 0.2) is 29.2 Å². The van der Waals surface area contributed by atoms with Crippen molar-refractivity contribution < 1.29 is 18.3 Å². The van der Waals surface area contributed by atoms with Gasteiger partial charge in [-0.1, -0.05) is 0 Å². The number of methoxy groups -OCH3 is 1. The number of β-amino-alcohol motifs (C(OH)–C–C–N with tert-alkyl or cyclic N) is 1. The van der Waals surface area contributed by atoms with Gasteiger partial charge in [0.15, 0.2) is 0 Å². The molecule has 1 unspecified atom stereocenters. The van der Waals surface area contributed by atoms with Gasteiger partial charge in [-0.05, 0) is 37.1 Å². The lowest BCUT2D eigenvalue weighted by atomic mass is 10.1. The highest BCUT2D eigenvalue weighted by molar-refractivity contribution is 7.89. The summed E-state index contributed by atoms with van der Waals surface area (Å²) in [4.78, 5) is 0.234. The van der Waals surface area contributed by atoms with Crippen molar-refractivity contribution in [1.82, 2.24) is 4.31 Å². The van der Waals surface area contributed by atoms with Gasteiger partial charge in [-0.15, -0.1) is 0 Å². The molecule has 0 spiro atoms. The molecule has 0 bridgehead atoms. The third kappa shape index (κ3) is 2.66. The molecule has 5 nitrogen and oxygen atoms in total. The molecule has 1 heterocycles. The Hall–Kier alpha value is -1.11. The maximum atomic E-state index is 12.3. The van der Waals surface area contributed by atoms with E-state index in [9.17, 15) is 13.5 Å². The molecule has 0 aliphatic carbocycles. The molecule has 1 saturated heterocycles. The van der Waals surface area contributed by atoms with Crippen molar-refractivity contribution in [2.45, 2.75) is 23.8 Å². The van der Waals surface area contributed by atoms with Gasteiger partial charge >= 0.3 is 0 Å². The van der Waals surface area contributed by atoms with E-state index >= 15 is 0 Å². The third-order valence-corrected chi connectivity index (χ3v) is 4.94. The number of piperidine rings is 1. The van der Waals surface area contributed by atoms with E-state index in [1.165, 1.54) is 23.5 Å². The smallest absolute Gasteiger partial charge is 0.243 e. The number of aliphatic hydroxyl groups excluding tert-OH is 1. The summed E-state index contributed by atoms with van der Waals surface area (Å²) in [7, 11) is -1.97. The third-order valence-electron chi connectivity index (χ3n) is 3.06. The van der Waals surface area contributed by atoms with Crippen LogP contribution in [0.25, 0.3) is 0 Å². The van der Waals surface area contributed by atoms with Gasteiger partial charge in [0.1, 0.15) is 5.75 Å². The number of sulfonamides is 1. The molecule has 18 heavy (non-hydrogen) atoms. The number of hydrogen-bond acceptors (Lipinski definition) is 4. The first-order chi connectivity index (χ1) is 8.54. The summed E-state index contributed by atoms with van der Waals surface area (Å²) in [6, 6.07) is 6.28. The van der Waals surface area contributed by atoms with E-state index < -0.39 is 16.1 Å². The summed E-state index contributed by atoms with van der Waals surface area (Å²) >= 11 is 0. The fraction of sp³-hybridized carbons (Fsp3) is 0.500. The van der Waals surface area contributed by atoms with Crippen molar-refractivity contribution >= 4 is 10.0 Å². The molecule has 6 heteroatoms. The molecule has 100 valence electrons. The lowest BCUT2D eigenvalue weighted by Crippen LogP contribution is -2.42. The number of benzene rings is 1.